The van der Waals surface area contributed by atoms with Gasteiger partial charge in [0.2, 0.25) is 5.91 Å². The number of rotatable bonds is 7. The zero-order chi connectivity index (χ0) is 26.0. The highest BCUT2D eigenvalue weighted by Crippen LogP contribution is 2.42. The van der Waals surface area contributed by atoms with E-state index in [-0.39, 0.29) is 5.91 Å². The molecule has 0 spiro atoms. The molecule has 0 aliphatic carbocycles. The third-order valence-electron chi connectivity index (χ3n) is 6.28. The van der Waals surface area contributed by atoms with Gasteiger partial charge in [0.15, 0.2) is 0 Å². The largest absolute Gasteiger partial charge is 0.404 e. The van der Waals surface area contributed by atoms with Gasteiger partial charge in [-0.2, -0.15) is 5.10 Å². The van der Waals surface area contributed by atoms with Gasteiger partial charge in [0, 0.05) is 71.2 Å². The van der Waals surface area contributed by atoms with Crippen molar-refractivity contribution in [1.29, 1.82) is 0 Å². The summed E-state index contributed by atoms with van der Waals surface area (Å²) in [5, 5.41) is 8.27. The Morgan fingerprint density at radius 1 is 1.31 bits per heavy atom. The Morgan fingerprint density at radius 3 is 2.72 bits per heavy atom. The number of anilines is 1. The molecule has 0 aliphatic rings. The molecule has 184 valence electrons. The fraction of sp³-hybridized carbons (Fsp3) is 0.214. The van der Waals surface area contributed by atoms with Crippen LogP contribution in [-0.2, 0) is 11.8 Å². The van der Waals surface area contributed by atoms with E-state index < -0.39 is 0 Å². The van der Waals surface area contributed by atoms with Gasteiger partial charge in [-0.15, -0.1) is 0 Å². The lowest BCUT2D eigenvalue weighted by atomic mass is 9.92. The first-order valence-electron chi connectivity index (χ1n) is 11.8. The van der Waals surface area contributed by atoms with E-state index in [1.807, 2.05) is 53.2 Å². The first-order valence-corrected chi connectivity index (χ1v) is 11.8. The standard InChI is InChI=1S/C28H31N7O/c1-7-24(36)33-26-16(3)9-10-21(17(26)4)25-22-11-19(23(12-29)18(5)30-8-2)13-31-28(22)34-27(25)20-14-32-35(6)15-20/h7,9-15H,1,8,29H2,2-6H3,(H,31,34)(H,33,36)/b23-12+,30-18?. The van der Waals surface area contributed by atoms with Crippen LogP contribution in [0.4, 0.5) is 5.69 Å². The molecular weight excluding hydrogens is 450 g/mol. The summed E-state index contributed by atoms with van der Waals surface area (Å²) in [6.45, 7) is 12.2. The van der Waals surface area contributed by atoms with Gasteiger partial charge in [-0.1, -0.05) is 18.7 Å². The van der Waals surface area contributed by atoms with Crippen LogP contribution in [0.5, 0.6) is 0 Å². The van der Waals surface area contributed by atoms with Crippen LogP contribution in [0.1, 0.15) is 30.5 Å². The Labute approximate surface area is 210 Å². The summed E-state index contributed by atoms with van der Waals surface area (Å²) in [5.41, 5.74) is 15.8. The van der Waals surface area contributed by atoms with Gasteiger partial charge in [0.1, 0.15) is 5.65 Å². The van der Waals surface area contributed by atoms with Gasteiger partial charge in [-0.25, -0.2) is 4.98 Å². The summed E-state index contributed by atoms with van der Waals surface area (Å²) >= 11 is 0. The maximum atomic E-state index is 12.2. The molecule has 1 amide bonds. The second kappa shape index (κ2) is 10.0. The molecular formula is C28H31N7O. The van der Waals surface area contributed by atoms with Gasteiger partial charge in [0.05, 0.1) is 11.9 Å². The molecule has 36 heavy (non-hydrogen) atoms. The lowest BCUT2D eigenvalue weighted by Crippen LogP contribution is -2.10. The van der Waals surface area contributed by atoms with E-state index in [2.05, 4.69) is 39.1 Å². The molecule has 0 radical (unpaired) electrons. The number of allylic oxidation sites excluding steroid dienone is 1. The van der Waals surface area contributed by atoms with Crippen LogP contribution < -0.4 is 11.1 Å². The van der Waals surface area contributed by atoms with E-state index in [9.17, 15) is 4.79 Å². The molecule has 4 rings (SSSR count). The van der Waals surface area contributed by atoms with Crippen molar-refractivity contribution in [2.24, 2.45) is 17.8 Å². The molecule has 3 heterocycles. The molecule has 0 atom stereocenters. The molecule has 0 aliphatic heterocycles. The topological polar surface area (TPSA) is 114 Å². The molecule has 4 N–H and O–H groups in total. The van der Waals surface area contributed by atoms with Crippen molar-refractivity contribution in [1.82, 2.24) is 19.7 Å². The van der Waals surface area contributed by atoms with E-state index in [0.717, 1.165) is 67.1 Å². The van der Waals surface area contributed by atoms with Crippen molar-refractivity contribution in [2.75, 3.05) is 11.9 Å². The van der Waals surface area contributed by atoms with Crippen LogP contribution in [0.3, 0.4) is 0 Å². The number of nitrogens with one attached hydrogen (secondary N) is 2. The fourth-order valence-electron chi connectivity index (χ4n) is 4.50. The third-order valence-corrected chi connectivity index (χ3v) is 6.28. The number of aromatic nitrogens is 4. The number of hydrogen-bond donors (Lipinski definition) is 3. The molecule has 0 fully saturated rings. The van der Waals surface area contributed by atoms with Crippen molar-refractivity contribution < 1.29 is 4.79 Å². The lowest BCUT2D eigenvalue weighted by molar-refractivity contribution is -0.111. The number of carbonyl (C=O) groups excluding carboxylic acids is 1. The number of fused-ring (bicyclic) bond motifs is 1. The third kappa shape index (κ3) is 4.45. The van der Waals surface area contributed by atoms with Crippen molar-refractivity contribution >= 4 is 33.9 Å². The Morgan fingerprint density at radius 2 is 2.08 bits per heavy atom. The van der Waals surface area contributed by atoms with Gasteiger partial charge in [-0.05, 0) is 56.5 Å². The molecule has 0 saturated carbocycles. The fourth-order valence-corrected chi connectivity index (χ4v) is 4.50. The number of benzene rings is 1. The molecule has 0 unspecified atom stereocenters. The maximum Gasteiger partial charge on any atom is 0.247 e. The lowest BCUT2D eigenvalue weighted by Gasteiger charge is -2.16. The van der Waals surface area contributed by atoms with E-state index in [1.54, 1.807) is 17.1 Å². The summed E-state index contributed by atoms with van der Waals surface area (Å²) in [6.07, 6.45) is 8.44. The molecule has 4 aromatic rings. The minimum Gasteiger partial charge on any atom is -0.404 e. The minimum absolute atomic E-state index is 0.253. The van der Waals surface area contributed by atoms with Crippen molar-refractivity contribution in [3.8, 4) is 22.4 Å². The normalized spacial score (nSPS) is 12.2. The zero-order valence-electron chi connectivity index (χ0n) is 21.3. The molecule has 0 bridgehead atoms. The highest BCUT2D eigenvalue weighted by molar-refractivity contribution is 6.23. The van der Waals surface area contributed by atoms with E-state index in [0.29, 0.717) is 6.54 Å². The van der Waals surface area contributed by atoms with Crippen LogP contribution in [0.2, 0.25) is 0 Å². The Hall–Kier alpha value is -4.46. The van der Waals surface area contributed by atoms with Crippen molar-refractivity contribution in [2.45, 2.75) is 27.7 Å². The first-order chi connectivity index (χ1) is 17.3. The number of aromatic amines is 1. The van der Waals surface area contributed by atoms with E-state index in [4.69, 9.17) is 10.7 Å². The second-order valence-electron chi connectivity index (χ2n) is 8.66. The van der Waals surface area contributed by atoms with Gasteiger partial charge in [0.25, 0.3) is 0 Å². The highest BCUT2D eigenvalue weighted by atomic mass is 16.1. The van der Waals surface area contributed by atoms with Crippen LogP contribution in [0.25, 0.3) is 39.0 Å². The summed E-state index contributed by atoms with van der Waals surface area (Å²) in [4.78, 5) is 24.9. The van der Waals surface area contributed by atoms with E-state index in [1.165, 1.54) is 6.08 Å². The number of hydrogen-bond acceptors (Lipinski definition) is 5. The molecule has 3 aromatic heterocycles. The molecule has 0 saturated heterocycles. The number of carbonyl (C=O) groups is 1. The van der Waals surface area contributed by atoms with E-state index >= 15 is 0 Å². The summed E-state index contributed by atoms with van der Waals surface area (Å²) in [7, 11) is 1.89. The second-order valence-corrected chi connectivity index (χ2v) is 8.66. The minimum atomic E-state index is -0.253. The summed E-state index contributed by atoms with van der Waals surface area (Å²) < 4.78 is 1.76. The van der Waals surface area contributed by atoms with Crippen LogP contribution in [0.15, 0.2) is 60.6 Å². The van der Waals surface area contributed by atoms with Crippen molar-refractivity contribution in [3.63, 3.8) is 0 Å². The van der Waals surface area contributed by atoms with Crippen LogP contribution in [0, 0.1) is 13.8 Å². The number of nitrogens with two attached hydrogens (primary N) is 1. The van der Waals surface area contributed by atoms with Gasteiger partial charge < -0.3 is 16.0 Å². The molecule has 8 heteroatoms. The van der Waals surface area contributed by atoms with Gasteiger partial charge in [-0.3, -0.25) is 14.5 Å². The Kier molecular flexibility index (Phi) is 6.87. The Balaban J connectivity index is 2.03. The van der Waals surface area contributed by atoms with Crippen LogP contribution >= 0.6 is 0 Å². The zero-order valence-corrected chi connectivity index (χ0v) is 21.3. The predicted molar refractivity (Wildman–Crippen MR) is 148 cm³/mol. The predicted octanol–water partition coefficient (Wildman–Crippen LogP) is 5.15. The molecule has 1 aromatic carbocycles. The SMILES string of the molecule is C=CC(=O)Nc1c(C)ccc(-c2c(-c3cnn(C)c3)[nH]c3ncc(/C(=C/N)C(C)=NCC)cc23)c1C. The molecule has 8 nitrogen and oxygen atoms in total. The number of aryl methyl sites for hydroxylation is 2. The number of aliphatic imine (C=N–C) groups is 1. The average Bonchev–Trinajstić information content (AvgIpc) is 3.45. The Bertz CT molecular complexity index is 1540. The monoisotopic (exact) mass is 481 g/mol. The smallest absolute Gasteiger partial charge is 0.247 e. The number of H-pyrrole nitrogens is 1. The maximum absolute atomic E-state index is 12.2. The highest BCUT2D eigenvalue weighted by Gasteiger charge is 2.21. The number of pyridine rings is 1. The number of amides is 1. The van der Waals surface area contributed by atoms with Crippen molar-refractivity contribution in [3.05, 3.63) is 72.3 Å². The summed E-state index contributed by atoms with van der Waals surface area (Å²) in [5.74, 6) is -0.253. The van der Waals surface area contributed by atoms with Crippen LogP contribution in [-0.4, -0.2) is 37.9 Å². The van der Waals surface area contributed by atoms with Gasteiger partial charge >= 0.3 is 0 Å². The average molecular weight is 482 g/mol. The number of nitrogens with zero attached hydrogens (tertiary/aromatic N) is 4. The quantitative estimate of drug-likeness (QED) is 0.250. The summed E-state index contributed by atoms with van der Waals surface area (Å²) in [6, 6.07) is 6.17. The first kappa shape index (κ1) is 24.7.